The summed E-state index contributed by atoms with van der Waals surface area (Å²) in [6.07, 6.45) is 3.47. The summed E-state index contributed by atoms with van der Waals surface area (Å²) in [6.45, 7) is 20.3. The Morgan fingerprint density at radius 3 is 0.720 bits per heavy atom. The molecule has 0 saturated carbocycles. The van der Waals surface area contributed by atoms with Gasteiger partial charge in [-0.25, -0.2) is 0 Å². The summed E-state index contributed by atoms with van der Waals surface area (Å²) in [7, 11) is 9.00. The number of nitrogens with zero attached hydrogens (tertiary/aromatic N) is 8. The maximum Gasteiger partial charge on any atom is 0.122 e. The Kier molecular flexibility index (Phi) is 15.6. The maximum absolute atomic E-state index is 11.4. The quantitative estimate of drug-likeness (QED) is 0.429. The van der Waals surface area contributed by atoms with Crippen LogP contribution in [0.4, 0.5) is 0 Å². The summed E-state index contributed by atoms with van der Waals surface area (Å²) in [5.41, 5.74) is 4.31. The molecule has 0 aromatic heterocycles. The van der Waals surface area contributed by atoms with Gasteiger partial charge in [0.2, 0.25) is 0 Å². The van der Waals surface area contributed by atoms with Crippen molar-refractivity contribution in [3.05, 3.63) is 58.7 Å². The number of hydrogen-bond acceptors (Lipinski definition) is 10. The highest BCUT2D eigenvalue weighted by Gasteiger charge is 2.19. The SMILES string of the molecule is CN1CCN2CCc3cccc(c3O)CCN3CCN(C)CCN(CCc4cccc(c4O)CCN(CC1)CCN(C)CC2)CCN(C)CC3. The van der Waals surface area contributed by atoms with Crippen molar-refractivity contribution in [3.8, 4) is 11.5 Å². The predicted molar refractivity (Wildman–Crippen MR) is 207 cm³/mol. The summed E-state index contributed by atoms with van der Waals surface area (Å²) in [5, 5.41) is 22.9. The second kappa shape index (κ2) is 20.1. The molecular formula is C40H68N8O2. The lowest BCUT2D eigenvalue weighted by molar-refractivity contribution is 0.154. The Morgan fingerprint density at radius 2 is 0.520 bits per heavy atom. The van der Waals surface area contributed by atoms with Crippen LogP contribution in [0.3, 0.4) is 0 Å². The molecule has 8 rings (SSSR count). The molecular weight excluding hydrogens is 624 g/mol. The third kappa shape index (κ3) is 12.4. The number of phenolic OH excluding ortho intramolecular Hbond substituents is 2. The van der Waals surface area contributed by atoms with Crippen LogP contribution in [0, 0.1) is 0 Å². The molecule has 2 aromatic carbocycles. The fourth-order valence-electron chi connectivity index (χ4n) is 7.50. The van der Waals surface area contributed by atoms with E-state index < -0.39 is 0 Å². The van der Waals surface area contributed by atoms with Gasteiger partial charge in [0.25, 0.3) is 0 Å². The number of likely N-dealkylation sites (N-methyl/N-ethyl adjacent to an activating group) is 4. The first kappa shape index (κ1) is 38.9. The van der Waals surface area contributed by atoms with Gasteiger partial charge in [-0.2, -0.15) is 0 Å². The molecule has 0 amide bonds. The second-order valence-corrected chi connectivity index (χ2v) is 15.4. The van der Waals surface area contributed by atoms with Crippen LogP contribution in [0.25, 0.3) is 0 Å². The molecule has 50 heavy (non-hydrogen) atoms. The van der Waals surface area contributed by atoms with Gasteiger partial charge in [0.05, 0.1) is 0 Å². The lowest BCUT2D eigenvalue weighted by Crippen LogP contribution is -2.45. The van der Waals surface area contributed by atoms with Crippen molar-refractivity contribution in [2.45, 2.75) is 25.7 Å². The highest BCUT2D eigenvalue weighted by Crippen LogP contribution is 2.25. The maximum atomic E-state index is 11.4. The number of hydrogen-bond donors (Lipinski definition) is 2. The van der Waals surface area contributed by atoms with Gasteiger partial charge in [-0.15, -0.1) is 0 Å². The highest BCUT2D eigenvalue weighted by atomic mass is 16.3. The molecule has 0 radical (unpaired) electrons. The first-order chi connectivity index (χ1) is 24.2. The van der Waals surface area contributed by atoms with E-state index in [1.807, 2.05) is 0 Å². The van der Waals surface area contributed by atoms with E-state index in [0.717, 1.165) is 179 Å². The number of phenols is 2. The van der Waals surface area contributed by atoms with E-state index in [-0.39, 0.29) is 0 Å². The molecule has 10 heteroatoms. The second-order valence-electron chi connectivity index (χ2n) is 15.4. The molecule has 10 nitrogen and oxygen atoms in total. The molecule has 2 aromatic rings. The van der Waals surface area contributed by atoms with Gasteiger partial charge >= 0.3 is 0 Å². The molecule has 0 atom stereocenters. The number of benzene rings is 2. The minimum absolute atomic E-state index is 0.507. The third-order valence-corrected chi connectivity index (χ3v) is 11.6. The first-order valence-electron chi connectivity index (χ1n) is 19.5. The highest BCUT2D eigenvalue weighted by molar-refractivity contribution is 5.41. The van der Waals surface area contributed by atoms with E-state index in [1.54, 1.807) is 0 Å². The molecule has 8 bridgehead atoms. The molecule has 6 aliphatic heterocycles. The molecule has 6 heterocycles. The van der Waals surface area contributed by atoms with Gasteiger partial charge in [0.15, 0.2) is 0 Å². The Morgan fingerprint density at radius 1 is 0.320 bits per heavy atom. The summed E-state index contributed by atoms with van der Waals surface area (Å²) in [6, 6.07) is 12.8. The van der Waals surface area contributed by atoms with Crippen molar-refractivity contribution in [2.75, 3.05) is 159 Å². The van der Waals surface area contributed by atoms with Gasteiger partial charge in [0, 0.05) is 131 Å². The van der Waals surface area contributed by atoms with Gasteiger partial charge in [0.1, 0.15) is 11.5 Å². The summed E-state index contributed by atoms with van der Waals surface area (Å²) in [5.74, 6) is 1.01. The number of aromatic hydroxyl groups is 2. The zero-order valence-electron chi connectivity index (χ0n) is 31.9. The van der Waals surface area contributed by atoms with Crippen molar-refractivity contribution < 1.29 is 10.2 Å². The molecule has 280 valence electrons. The minimum atomic E-state index is 0.507. The minimum Gasteiger partial charge on any atom is -0.507 e. The van der Waals surface area contributed by atoms with E-state index in [4.69, 9.17) is 0 Å². The van der Waals surface area contributed by atoms with Crippen LogP contribution >= 0.6 is 0 Å². The lowest BCUT2D eigenvalue weighted by atomic mass is 10.0. The Labute approximate surface area is 303 Å². The van der Waals surface area contributed by atoms with Crippen LogP contribution in [0.15, 0.2) is 36.4 Å². The van der Waals surface area contributed by atoms with E-state index in [0.29, 0.717) is 11.5 Å². The normalized spacial score (nSPS) is 27.9. The fourth-order valence-corrected chi connectivity index (χ4v) is 7.50. The average Bonchev–Trinajstić information content (AvgIpc) is 3.10. The van der Waals surface area contributed by atoms with Crippen LogP contribution in [0.1, 0.15) is 22.3 Å². The van der Waals surface area contributed by atoms with Crippen LogP contribution in [-0.4, -0.2) is 208 Å². The molecule has 0 spiro atoms. The Balaban J connectivity index is 1.36. The van der Waals surface area contributed by atoms with Crippen molar-refractivity contribution in [2.24, 2.45) is 0 Å². The van der Waals surface area contributed by atoms with Gasteiger partial charge < -0.3 is 49.4 Å². The largest absolute Gasteiger partial charge is 0.507 e. The molecule has 2 saturated heterocycles. The van der Waals surface area contributed by atoms with E-state index in [1.165, 1.54) is 0 Å². The van der Waals surface area contributed by atoms with Crippen LogP contribution in [-0.2, 0) is 25.7 Å². The first-order valence-corrected chi connectivity index (χ1v) is 19.5. The van der Waals surface area contributed by atoms with E-state index in [2.05, 4.69) is 104 Å². The smallest absolute Gasteiger partial charge is 0.122 e. The molecule has 2 N–H and O–H groups in total. The third-order valence-electron chi connectivity index (χ3n) is 11.6. The molecule has 0 aliphatic carbocycles. The van der Waals surface area contributed by atoms with Crippen LogP contribution < -0.4 is 0 Å². The van der Waals surface area contributed by atoms with Crippen molar-refractivity contribution in [1.29, 1.82) is 0 Å². The lowest BCUT2D eigenvalue weighted by Gasteiger charge is -2.32. The van der Waals surface area contributed by atoms with Gasteiger partial charge in [-0.3, -0.25) is 0 Å². The number of para-hydroxylation sites is 2. The van der Waals surface area contributed by atoms with Crippen LogP contribution in [0.2, 0.25) is 0 Å². The van der Waals surface area contributed by atoms with E-state index >= 15 is 0 Å². The zero-order chi connectivity index (χ0) is 35.3. The summed E-state index contributed by atoms with van der Waals surface area (Å²) >= 11 is 0. The summed E-state index contributed by atoms with van der Waals surface area (Å²) < 4.78 is 0. The summed E-state index contributed by atoms with van der Waals surface area (Å²) in [4.78, 5) is 20.2. The van der Waals surface area contributed by atoms with Crippen molar-refractivity contribution >= 4 is 0 Å². The number of rotatable bonds is 0. The van der Waals surface area contributed by atoms with Crippen molar-refractivity contribution in [3.63, 3.8) is 0 Å². The van der Waals surface area contributed by atoms with E-state index in [9.17, 15) is 10.2 Å². The standard InChI is InChI=1S/C40H68N8O2/c1-41-19-27-45-15-11-35-7-5-9-37(39(35)49)13-17-47-31-23-43(3)24-32-48(34-26-44(4)25-33-47)18-14-38-10-6-8-36(40(38)50)12-16-46(28-20-41)30-22-42(2)21-29-45/h5-10,49-50H,11-34H2,1-4H3. The topological polar surface area (TPSA) is 66.4 Å². The van der Waals surface area contributed by atoms with Gasteiger partial charge in [-0.05, 0) is 76.1 Å². The van der Waals surface area contributed by atoms with Crippen molar-refractivity contribution in [1.82, 2.24) is 39.2 Å². The zero-order valence-corrected chi connectivity index (χ0v) is 31.9. The monoisotopic (exact) mass is 693 g/mol. The Hall–Kier alpha value is -2.28. The Bertz CT molecular complexity index is 1080. The van der Waals surface area contributed by atoms with Crippen LogP contribution in [0.5, 0.6) is 11.5 Å². The average molecular weight is 693 g/mol. The fraction of sp³-hybridized carbons (Fsp3) is 0.700. The molecule has 6 aliphatic rings. The predicted octanol–water partition coefficient (Wildman–Crippen LogP) is 1.94. The molecule has 2 fully saturated rings. The molecule has 0 unspecified atom stereocenters. The van der Waals surface area contributed by atoms with Gasteiger partial charge in [-0.1, -0.05) is 36.4 Å².